The quantitative estimate of drug-likeness (QED) is 0.701. The standard InChI is InChI=1S/C20H20F4N4O/c1-11-4-16(20(23)24)26-17-10-28(9-14(11)17)18(29)5-12-7-27(8-12)13-2-3-25-15(6-13)19(21)22/h2-4,6,12,19-20H,5,7-10H2,1H3. The van der Waals surface area contributed by atoms with E-state index >= 15 is 0 Å². The Bertz CT molecular complexity index is 931. The summed E-state index contributed by atoms with van der Waals surface area (Å²) in [5.41, 5.74) is 2.26. The molecular weight excluding hydrogens is 388 g/mol. The van der Waals surface area contributed by atoms with E-state index in [4.69, 9.17) is 0 Å². The van der Waals surface area contributed by atoms with Gasteiger partial charge in [-0.15, -0.1) is 0 Å². The minimum absolute atomic E-state index is 0.0476. The Hall–Kier alpha value is -2.71. The average molecular weight is 408 g/mol. The molecule has 2 aromatic rings. The highest BCUT2D eigenvalue weighted by atomic mass is 19.3. The molecule has 0 saturated carbocycles. The van der Waals surface area contributed by atoms with Crippen LogP contribution in [0.5, 0.6) is 0 Å². The Morgan fingerprint density at radius 3 is 2.55 bits per heavy atom. The van der Waals surface area contributed by atoms with Gasteiger partial charge >= 0.3 is 0 Å². The molecule has 0 radical (unpaired) electrons. The van der Waals surface area contributed by atoms with Crippen molar-refractivity contribution in [3.8, 4) is 0 Å². The smallest absolute Gasteiger partial charge is 0.280 e. The van der Waals surface area contributed by atoms with Gasteiger partial charge in [-0.3, -0.25) is 9.78 Å². The molecule has 1 fully saturated rings. The Labute approximate surface area is 165 Å². The van der Waals surface area contributed by atoms with Gasteiger partial charge < -0.3 is 9.80 Å². The Balaban J connectivity index is 1.33. The summed E-state index contributed by atoms with van der Waals surface area (Å²) < 4.78 is 51.5. The van der Waals surface area contributed by atoms with Crippen LogP contribution in [-0.2, 0) is 17.9 Å². The maximum atomic E-state index is 12.9. The second kappa shape index (κ2) is 7.61. The van der Waals surface area contributed by atoms with Crippen LogP contribution in [0.2, 0.25) is 0 Å². The van der Waals surface area contributed by atoms with Gasteiger partial charge in [0.2, 0.25) is 5.91 Å². The zero-order valence-corrected chi connectivity index (χ0v) is 15.8. The number of carbonyl (C=O) groups is 1. The first-order valence-corrected chi connectivity index (χ1v) is 9.36. The lowest BCUT2D eigenvalue weighted by molar-refractivity contribution is -0.133. The minimum atomic E-state index is -2.64. The highest BCUT2D eigenvalue weighted by molar-refractivity contribution is 5.77. The van der Waals surface area contributed by atoms with Crippen molar-refractivity contribution in [3.05, 3.63) is 52.6 Å². The second-order valence-electron chi connectivity index (χ2n) is 7.55. The fourth-order valence-corrected chi connectivity index (χ4v) is 3.89. The maximum absolute atomic E-state index is 12.9. The number of fused-ring (bicyclic) bond motifs is 1. The van der Waals surface area contributed by atoms with E-state index in [0.717, 1.165) is 11.1 Å². The third-order valence-corrected chi connectivity index (χ3v) is 5.49. The maximum Gasteiger partial charge on any atom is 0.280 e. The number of carbonyl (C=O) groups excluding carboxylic acids is 1. The number of amides is 1. The zero-order chi connectivity index (χ0) is 20.7. The summed E-state index contributed by atoms with van der Waals surface area (Å²) in [6, 6.07) is 4.43. The van der Waals surface area contributed by atoms with Gasteiger partial charge in [-0.25, -0.2) is 22.5 Å². The Morgan fingerprint density at radius 2 is 1.86 bits per heavy atom. The number of aromatic nitrogens is 2. The van der Waals surface area contributed by atoms with Gasteiger partial charge in [-0.05, 0) is 36.2 Å². The van der Waals surface area contributed by atoms with Crippen molar-refractivity contribution >= 4 is 11.6 Å². The molecule has 2 aliphatic rings. The third kappa shape index (κ3) is 3.90. The summed E-state index contributed by atoms with van der Waals surface area (Å²) in [6.07, 6.45) is -3.56. The molecule has 0 aliphatic carbocycles. The summed E-state index contributed by atoms with van der Waals surface area (Å²) >= 11 is 0. The molecule has 2 aromatic heterocycles. The molecule has 2 aliphatic heterocycles. The number of halogens is 4. The summed E-state index contributed by atoms with van der Waals surface area (Å²) in [4.78, 5) is 23.9. The van der Waals surface area contributed by atoms with Crippen LogP contribution in [0.25, 0.3) is 0 Å². The number of nitrogens with zero attached hydrogens (tertiary/aromatic N) is 4. The van der Waals surface area contributed by atoms with Crippen LogP contribution in [0.15, 0.2) is 24.4 Å². The van der Waals surface area contributed by atoms with E-state index in [0.29, 0.717) is 37.4 Å². The molecule has 0 spiro atoms. The summed E-state index contributed by atoms with van der Waals surface area (Å²) in [6.45, 7) is 3.59. The molecule has 29 heavy (non-hydrogen) atoms. The van der Waals surface area contributed by atoms with Gasteiger partial charge in [0, 0.05) is 43.9 Å². The largest absolute Gasteiger partial charge is 0.371 e. The predicted octanol–water partition coefficient (Wildman–Crippen LogP) is 4.03. The van der Waals surface area contributed by atoms with E-state index < -0.39 is 12.9 Å². The van der Waals surface area contributed by atoms with Gasteiger partial charge in [0.05, 0.1) is 12.2 Å². The van der Waals surface area contributed by atoms with E-state index in [1.165, 1.54) is 18.3 Å². The van der Waals surface area contributed by atoms with E-state index in [2.05, 4.69) is 9.97 Å². The van der Waals surface area contributed by atoms with Crippen molar-refractivity contribution in [2.24, 2.45) is 5.92 Å². The highest BCUT2D eigenvalue weighted by Gasteiger charge is 2.33. The Kier molecular flexibility index (Phi) is 5.14. The first kappa shape index (κ1) is 19.6. The van der Waals surface area contributed by atoms with E-state index in [1.54, 1.807) is 17.9 Å². The van der Waals surface area contributed by atoms with Crippen LogP contribution in [0.1, 0.15) is 47.5 Å². The summed E-state index contributed by atoms with van der Waals surface area (Å²) in [5, 5.41) is 0. The lowest BCUT2D eigenvalue weighted by Crippen LogP contribution is -2.48. The molecule has 4 heterocycles. The lowest BCUT2D eigenvalue weighted by atomic mass is 9.95. The van der Waals surface area contributed by atoms with Crippen molar-refractivity contribution in [1.29, 1.82) is 0 Å². The molecule has 1 saturated heterocycles. The first-order chi connectivity index (χ1) is 13.8. The molecule has 0 bridgehead atoms. The summed E-state index contributed by atoms with van der Waals surface area (Å²) in [7, 11) is 0. The third-order valence-electron chi connectivity index (χ3n) is 5.49. The van der Waals surface area contributed by atoms with Crippen molar-refractivity contribution < 1.29 is 22.4 Å². The van der Waals surface area contributed by atoms with Crippen molar-refractivity contribution in [3.63, 3.8) is 0 Å². The van der Waals surface area contributed by atoms with Gasteiger partial charge in [0.25, 0.3) is 12.9 Å². The van der Waals surface area contributed by atoms with Crippen molar-refractivity contribution in [2.75, 3.05) is 18.0 Å². The zero-order valence-electron chi connectivity index (χ0n) is 15.8. The fraction of sp³-hybridized carbons (Fsp3) is 0.450. The monoisotopic (exact) mass is 408 g/mol. The van der Waals surface area contributed by atoms with Gasteiger partial charge in [0.1, 0.15) is 11.4 Å². The van der Waals surface area contributed by atoms with Crippen LogP contribution < -0.4 is 4.90 Å². The van der Waals surface area contributed by atoms with E-state index in [1.807, 2.05) is 4.90 Å². The van der Waals surface area contributed by atoms with Gasteiger partial charge in [-0.1, -0.05) is 0 Å². The number of hydrogen-bond acceptors (Lipinski definition) is 4. The molecule has 0 unspecified atom stereocenters. The fourth-order valence-electron chi connectivity index (χ4n) is 3.89. The molecule has 0 atom stereocenters. The van der Waals surface area contributed by atoms with Crippen LogP contribution in [0, 0.1) is 12.8 Å². The Morgan fingerprint density at radius 1 is 1.14 bits per heavy atom. The number of rotatable bonds is 5. The van der Waals surface area contributed by atoms with Crippen molar-refractivity contribution in [1.82, 2.24) is 14.9 Å². The SMILES string of the molecule is Cc1cc(C(F)F)nc2c1CN(C(=O)CC1CN(c3ccnc(C(F)F)c3)C1)C2. The number of anilines is 1. The number of aryl methyl sites for hydroxylation is 1. The number of alkyl halides is 4. The highest BCUT2D eigenvalue weighted by Crippen LogP contribution is 2.32. The molecular formula is C20H20F4N4O. The number of hydrogen-bond donors (Lipinski definition) is 0. The second-order valence-corrected chi connectivity index (χ2v) is 7.55. The number of pyridine rings is 2. The molecule has 0 aromatic carbocycles. The van der Waals surface area contributed by atoms with Crippen LogP contribution in [0.4, 0.5) is 23.2 Å². The van der Waals surface area contributed by atoms with Crippen LogP contribution >= 0.6 is 0 Å². The van der Waals surface area contributed by atoms with E-state index in [9.17, 15) is 22.4 Å². The average Bonchev–Trinajstić information content (AvgIpc) is 3.09. The molecule has 154 valence electrons. The topological polar surface area (TPSA) is 49.3 Å². The minimum Gasteiger partial charge on any atom is -0.371 e. The van der Waals surface area contributed by atoms with Gasteiger partial charge in [0.15, 0.2) is 0 Å². The van der Waals surface area contributed by atoms with Gasteiger partial charge in [-0.2, -0.15) is 0 Å². The molecule has 5 nitrogen and oxygen atoms in total. The molecule has 9 heteroatoms. The van der Waals surface area contributed by atoms with Crippen LogP contribution in [-0.4, -0.2) is 33.9 Å². The predicted molar refractivity (Wildman–Crippen MR) is 97.7 cm³/mol. The molecule has 4 rings (SSSR count). The van der Waals surface area contributed by atoms with Crippen LogP contribution in [0.3, 0.4) is 0 Å². The summed E-state index contributed by atoms with van der Waals surface area (Å²) in [5.74, 6) is 0.0775. The normalized spacial score (nSPS) is 16.5. The van der Waals surface area contributed by atoms with E-state index in [-0.39, 0.29) is 29.8 Å². The first-order valence-electron chi connectivity index (χ1n) is 9.36. The molecule has 0 N–H and O–H groups in total. The molecule has 1 amide bonds. The lowest BCUT2D eigenvalue weighted by Gasteiger charge is -2.41. The van der Waals surface area contributed by atoms with Crippen molar-refractivity contribution in [2.45, 2.75) is 39.3 Å².